The van der Waals surface area contributed by atoms with Crippen molar-refractivity contribution < 1.29 is 22.7 Å². The van der Waals surface area contributed by atoms with E-state index in [2.05, 4.69) is 21.2 Å². The third-order valence-electron chi connectivity index (χ3n) is 6.11. The number of amides is 2. The lowest BCUT2D eigenvalue weighted by molar-refractivity contribution is -0.139. The van der Waals surface area contributed by atoms with Gasteiger partial charge in [-0.25, -0.2) is 8.42 Å². The Kier molecular flexibility index (Phi) is 10.2. The minimum atomic E-state index is -4.11. The molecule has 0 saturated heterocycles. The third kappa shape index (κ3) is 7.83. The predicted octanol–water partition coefficient (Wildman–Crippen LogP) is 4.90. The number of benzene rings is 3. The van der Waals surface area contributed by atoms with Crippen molar-refractivity contribution in [3.63, 3.8) is 0 Å². The number of nitrogens with zero attached hydrogens (tertiary/aromatic N) is 2. The second-order valence-electron chi connectivity index (χ2n) is 9.51. The van der Waals surface area contributed by atoms with E-state index >= 15 is 0 Å². The molecule has 0 bridgehead atoms. The maximum Gasteiger partial charge on any atom is 0.264 e. The van der Waals surface area contributed by atoms with E-state index in [0.29, 0.717) is 11.4 Å². The third-order valence-corrected chi connectivity index (χ3v) is 8.43. The molecule has 1 atom stereocenters. The number of anilines is 1. The zero-order valence-corrected chi connectivity index (χ0v) is 25.1. The Morgan fingerprint density at radius 1 is 0.923 bits per heavy atom. The van der Waals surface area contributed by atoms with Gasteiger partial charge in [-0.3, -0.25) is 13.9 Å². The van der Waals surface area contributed by atoms with Gasteiger partial charge in [0.05, 0.1) is 17.7 Å². The van der Waals surface area contributed by atoms with Crippen LogP contribution >= 0.6 is 15.9 Å². The number of methoxy groups -OCH3 is 1. The highest BCUT2D eigenvalue weighted by molar-refractivity contribution is 9.10. The molecule has 10 heteroatoms. The zero-order valence-electron chi connectivity index (χ0n) is 22.7. The monoisotopic (exact) mass is 615 g/mol. The van der Waals surface area contributed by atoms with Crippen molar-refractivity contribution >= 4 is 43.5 Å². The molecule has 3 aromatic rings. The molecule has 0 aliphatic carbocycles. The average Bonchev–Trinajstić information content (AvgIpc) is 2.90. The van der Waals surface area contributed by atoms with E-state index in [0.717, 1.165) is 19.9 Å². The number of aryl methyl sites for hydroxylation is 1. The van der Waals surface area contributed by atoms with Crippen LogP contribution in [0.2, 0.25) is 0 Å². The first-order valence-electron chi connectivity index (χ1n) is 12.5. The van der Waals surface area contributed by atoms with Gasteiger partial charge in [0, 0.05) is 17.1 Å². The summed E-state index contributed by atoms with van der Waals surface area (Å²) in [5, 5.41) is 2.84. The van der Waals surface area contributed by atoms with Crippen LogP contribution < -0.4 is 14.4 Å². The van der Waals surface area contributed by atoms with E-state index in [9.17, 15) is 18.0 Å². The number of sulfonamides is 1. The van der Waals surface area contributed by atoms with Crippen molar-refractivity contribution in [3.8, 4) is 5.75 Å². The molecular weight excluding hydrogens is 582 g/mol. The molecular formula is C29H34BrN3O5S. The Hall–Kier alpha value is -3.37. The molecule has 0 aliphatic rings. The molecule has 2 amide bonds. The topological polar surface area (TPSA) is 96.0 Å². The molecule has 0 saturated carbocycles. The molecule has 0 aliphatic heterocycles. The van der Waals surface area contributed by atoms with E-state index in [4.69, 9.17) is 4.74 Å². The zero-order chi connectivity index (χ0) is 28.7. The first-order chi connectivity index (χ1) is 18.4. The minimum Gasteiger partial charge on any atom is -0.497 e. The van der Waals surface area contributed by atoms with Gasteiger partial charge in [-0.1, -0.05) is 45.8 Å². The Balaban J connectivity index is 2.01. The van der Waals surface area contributed by atoms with Crippen LogP contribution in [0.15, 0.2) is 82.2 Å². The molecule has 39 heavy (non-hydrogen) atoms. The molecule has 8 nitrogen and oxygen atoms in total. The van der Waals surface area contributed by atoms with Crippen molar-refractivity contribution in [2.75, 3.05) is 18.0 Å². The van der Waals surface area contributed by atoms with Gasteiger partial charge in [-0.05, 0) is 81.8 Å². The predicted molar refractivity (Wildman–Crippen MR) is 156 cm³/mol. The van der Waals surface area contributed by atoms with Crippen LogP contribution in [0.5, 0.6) is 5.75 Å². The number of carbonyl (C=O) groups excluding carboxylic acids is 2. The summed E-state index contributed by atoms with van der Waals surface area (Å²) in [6.45, 7) is 6.79. The van der Waals surface area contributed by atoms with E-state index < -0.39 is 28.5 Å². The fourth-order valence-electron chi connectivity index (χ4n) is 3.89. The number of hydrogen-bond donors (Lipinski definition) is 1. The van der Waals surface area contributed by atoms with Gasteiger partial charge in [0.2, 0.25) is 11.8 Å². The molecule has 0 heterocycles. The van der Waals surface area contributed by atoms with Gasteiger partial charge in [-0.2, -0.15) is 0 Å². The number of carbonyl (C=O) groups is 2. The molecule has 1 N–H and O–H groups in total. The molecule has 208 valence electrons. The molecule has 1 unspecified atom stereocenters. The van der Waals surface area contributed by atoms with Gasteiger partial charge in [0.15, 0.2) is 0 Å². The number of ether oxygens (including phenoxy) is 1. The molecule has 0 radical (unpaired) electrons. The summed E-state index contributed by atoms with van der Waals surface area (Å²) in [5.41, 5.74) is 2.01. The quantitative estimate of drug-likeness (QED) is 0.331. The maximum atomic E-state index is 13.9. The molecule has 3 rings (SSSR count). The van der Waals surface area contributed by atoms with Crippen LogP contribution in [0, 0.1) is 6.92 Å². The normalized spacial score (nSPS) is 12.1. The lowest BCUT2D eigenvalue weighted by Gasteiger charge is -2.32. The Morgan fingerprint density at radius 2 is 1.51 bits per heavy atom. The summed E-state index contributed by atoms with van der Waals surface area (Å²) in [6, 6.07) is 19.3. The fourth-order valence-corrected chi connectivity index (χ4v) is 5.57. The molecule has 0 spiro atoms. The van der Waals surface area contributed by atoms with Crippen molar-refractivity contribution in [2.24, 2.45) is 0 Å². The summed E-state index contributed by atoms with van der Waals surface area (Å²) in [6.07, 6.45) is 0. The number of hydrogen-bond acceptors (Lipinski definition) is 5. The number of halogens is 1. The van der Waals surface area contributed by atoms with Gasteiger partial charge in [0.1, 0.15) is 18.3 Å². The maximum absolute atomic E-state index is 13.9. The van der Waals surface area contributed by atoms with Crippen LogP contribution in [0.1, 0.15) is 31.9 Å². The smallest absolute Gasteiger partial charge is 0.264 e. The van der Waals surface area contributed by atoms with E-state index in [1.165, 1.54) is 17.0 Å². The number of nitrogens with one attached hydrogen (secondary N) is 1. The highest BCUT2D eigenvalue weighted by atomic mass is 79.9. The summed E-state index contributed by atoms with van der Waals surface area (Å²) < 4.78 is 34.7. The molecule has 0 aromatic heterocycles. The lowest BCUT2D eigenvalue weighted by Crippen LogP contribution is -2.52. The van der Waals surface area contributed by atoms with Gasteiger partial charge in [-0.15, -0.1) is 0 Å². The van der Waals surface area contributed by atoms with E-state index in [1.54, 1.807) is 62.6 Å². The van der Waals surface area contributed by atoms with Crippen LogP contribution in [0.4, 0.5) is 5.69 Å². The first-order valence-corrected chi connectivity index (χ1v) is 14.7. The second-order valence-corrected chi connectivity index (χ2v) is 12.3. The first kappa shape index (κ1) is 30.2. The van der Waals surface area contributed by atoms with Crippen molar-refractivity contribution in [3.05, 3.63) is 88.4 Å². The van der Waals surface area contributed by atoms with Crippen molar-refractivity contribution in [2.45, 2.75) is 51.2 Å². The largest absolute Gasteiger partial charge is 0.497 e. The second kappa shape index (κ2) is 13.1. The lowest BCUT2D eigenvalue weighted by atomic mass is 10.1. The Bertz CT molecular complexity index is 1380. The van der Waals surface area contributed by atoms with E-state index in [-0.39, 0.29) is 23.4 Å². The Morgan fingerprint density at radius 3 is 2.05 bits per heavy atom. The Labute approximate surface area is 239 Å². The standard InChI is InChI=1S/C29H34BrN3O5S/c1-20(2)31-29(35)22(4)32(18-23-8-14-26(38-5)15-9-23)28(34)19-33(25-12-10-24(30)11-13-25)39(36,37)27-16-6-21(3)7-17-27/h6-17,20,22H,18-19H2,1-5H3,(H,31,35). The SMILES string of the molecule is COc1ccc(CN(C(=O)CN(c2ccc(Br)cc2)S(=O)(=O)c2ccc(C)cc2)C(C)C(=O)NC(C)C)cc1. The van der Waals surface area contributed by atoms with Crippen LogP contribution in [-0.2, 0) is 26.2 Å². The highest BCUT2D eigenvalue weighted by Gasteiger charge is 2.32. The van der Waals surface area contributed by atoms with Crippen molar-refractivity contribution in [1.82, 2.24) is 10.2 Å². The highest BCUT2D eigenvalue weighted by Crippen LogP contribution is 2.26. The van der Waals surface area contributed by atoms with Gasteiger partial charge in [0.25, 0.3) is 10.0 Å². The average molecular weight is 617 g/mol. The van der Waals surface area contributed by atoms with Crippen molar-refractivity contribution in [1.29, 1.82) is 0 Å². The fraction of sp³-hybridized carbons (Fsp3) is 0.310. The number of rotatable bonds is 11. The minimum absolute atomic E-state index is 0.0659. The van der Waals surface area contributed by atoms with Crippen LogP contribution in [0.25, 0.3) is 0 Å². The summed E-state index contributed by atoms with van der Waals surface area (Å²) in [4.78, 5) is 28.3. The summed E-state index contributed by atoms with van der Waals surface area (Å²) in [5.74, 6) is -0.188. The van der Waals surface area contributed by atoms with Gasteiger partial charge >= 0.3 is 0 Å². The van der Waals surface area contributed by atoms with Crippen LogP contribution in [-0.4, -0.2) is 50.9 Å². The molecule has 0 fully saturated rings. The van der Waals surface area contributed by atoms with E-state index in [1.807, 2.05) is 32.9 Å². The van der Waals surface area contributed by atoms with Crippen LogP contribution in [0.3, 0.4) is 0 Å². The summed E-state index contributed by atoms with van der Waals surface area (Å²) in [7, 11) is -2.54. The van der Waals surface area contributed by atoms with Gasteiger partial charge < -0.3 is 15.0 Å². The summed E-state index contributed by atoms with van der Waals surface area (Å²) >= 11 is 3.38. The molecule has 3 aromatic carbocycles.